The number of likely N-dealkylation sites (tertiary alicyclic amines) is 1. The molecule has 5 nitrogen and oxygen atoms in total. The van der Waals surface area contributed by atoms with E-state index in [9.17, 15) is 4.79 Å². The molecule has 0 bridgehead atoms. The average molecular weight is 446 g/mol. The molecule has 156 valence electrons. The Morgan fingerprint density at radius 2 is 1.89 bits per heavy atom. The fraction of sp³-hybridized carbons (Fsp3) is 0.500. The van der Waals surface area contributed by atoms with Crippen molar-refractivity contribution < 1.29 is 9.53 Å². The number of nitrogens with one attached hydrogen (secondary N) is 1. The normalized spacial score (nSPS) is 14.1. The van der Waals surface area contributed by atoms with Crippen LogP contribution in [0.4, 0.5) is 0 Å². The van der Waals surface area contributed by atoms with Crippen LogP contribution < -0.4 is 10.1 Å². The molecule has 2 aromatic rings. The number of halogens is 2. The Hall–Kier alpha value is -1.34. The highest BCUT2D eigenvalue weighted by Crippen LogP contribution is 2.27. The van der Waals surface area contributed by atoms with Crippen LogP contribution in [0.25, 0.3) is 10.6 Å². The zero-order chi connectivity index (χ0) is 18.4. The molecular weight excluding hydrogens is 417 g/mol. The maximum Gasteiger partial charge on any atom is 0.273 e. The third kappa shape index (κ3) is 6.34. The lowest BCUT2D eigenvalue weighted by molar-refractivity contribution is 0.0685. The van der Waals surface area contributed by atoms with Crippen LogP contribution in [0.5, 0.6) is 5.75 Å². The van der Waals surface area contributed by atoms with Gasteiger partial charge in [0.25, 0.3) is 5.91 Å². The molecule has 0 unspecified atom stereocenters. The molecule has 1 fully saturated rings. The number of carbonyl (C=O) groups excluding carboxylic acids is 1. The number of hydrogen-bond acceptors (Lipinski definition) is 5. The van der Waals surface area contributed by atoms with E-state index in [-0.39, 0.29) is 30.7 Å². The smallest absolute Gasteiger partial charge is 0.273 e. The predicted molar refractivity (Wildman–Crippen MR) is 120 cm³/mol. The van der Waals surface area contributed by atoms with E-state index < -0.39 is 0 Å². The van der Waals surface area contributed by atoms with Crippen LogP contribution in [0.15, 0.2) is 29.6 Å². The van der Waals surface area contributed by atoms with E-state index in [0.29, 0.717) is 18.2 Å². The number of thiazole rings is 1. The summed E-state index contributed by atoms with van der Waals surface area (Å²) < 4.78 is 5.47. The number of aromatic nitrogens is 1. The molecule has 3 rings (SSSR count). The first kappa shape index (κ1) is 24.7. The molecule has 0 aliphatic carbocycles. The van der Waals surface area contributed by atoms with Crippen molar-refractivity contribution in [3.8, 4) is 16.3 Å². The van der Waals surface area contributed by atoms with Gasteiger partial charge in [0.1, 0.15) is 16.5 Å². The van der Waals surface area contributed by atoms with Crippen molar-refractivity contribution in [1.29, 1.82) is 0 Å². The lowest BCUT2D eigenvalue weighted by atomic mass is 9.96. The summed E-state index contributed by atoms with van der Waals surface area (Å²) in [5.41, 5.74) is 1.57. The topological polar surface area (TPSA) is 54.5 Å². The summed E-state index contributed by atoms with van der Waals surface area (Å²) >= 11 is 1.52. The molecule has 1 aromatic carbocycles. The van der Waals surface area contributed by atoms with Crippen molar-refractivity contribution in [2.45, 2.75) is 26.7 Å². The zero-order valence-electron chi connectivity index (χ0n) is 16.3. The molecule has 28 heavy (non-hydrogen) atoms. The first-order chi connectivity index (χ1) is 12.7. The first-order valence-electron chi connectivity index (χ1n) is 9.40. The summed E-state index contributed by atoms with van der Waals surface area (Å²) in [7, 11) is 0. The summed E-state index contributed by atoms with van der Waals surface area (Å²) in [6.45, 7) is 8.46. The molecule has 1 aliphatic heterocycles. The summed E-state index contributed by atoms with van der Waals surface area (Å²) in [6, 6.07) is 7.86. The van der Waals surface area contributed by atoms with Crippen LogP contribution in [0.1, 0.15) is 37.2 Å². The summed E-state index contributed by atoms with van der Waals surface area (Å²) in [5.74, 6) is 1.58. The van der Waals surface area contributed by atoms with E-state index in [0.717, 1.165) is 55.3 Å². The third-order valence-corrected chi connectivity index (χ3v) is 5.61. The van der Waals surface area contributed by atoms with E-state index in [1.807, 2.05) is 41.5 Å². The maximum atomic E-state index is 12.7. The fourth-order valence-electron chi connectivity index (χ4n) is 3.22. The van der Waals surface area contributed by atoms with Crippen LogP contribution >= 0.6 is 36.2 Å². The van der Waals surface area contributed by atoms with Crippen LogP contribution in [0, 0.1) is 5.92 Å². The fourth-order valence-corrected chi connectivity index (χ4v) is 4.02. The highest BCUT2D eigenvalue weighted by Gasteiger charge is 2.25. The summed E-state index contributed by atoms with van der Waals surface area (Å²) in [4.78, 5) is 19.3. The molecule has 8 heteroatoms. The zero-order valence-corrected chi connectivity index (χ0v) is 18.8. The number of amides is 1. The highest BCUT2D eigenvalue weighted by molar-refractivity contribution is 7.13. The number of ether oxygens (including phenoxy) is 1. The summed E-state index contributed by atoms with van der Waals surface area (Å²) in [5, 5.41) is 6.15. The Balaban J connectivity index is 0.00000196. The molecular formula is C20H29Cl2N3O2S. The molecule has 2 heterocycles. The number of rotatable bonds is 7. The SMILES string of the molecule is CCNCC1CCN(C(=O)c2csc(-c3ccc(OCC)cc3)n2)CC1.Cl.Cl. The molecule has 1 saturated heterocycles. The molecule has 1 aliphatic rings. The minimum Gasteiger partial charge on any atom is -0.494 e. The Kier molecular flexibility index (Phi) is 10.8. The Bertz CT molecular complexity index is 716. The highest BCUT2D eigenvalue weighted by atomic mass is 35.5. The standard InChI is InChI=1S/C20H27N3O2S.2ClH/c1-3-21-13-15-9-11-23(12-10-15)20(24)18-14-26-19(22-18)16-5-7-17(8-6-16)25-4-2;;/h5-8,14-15,21H,3-4,9-13H2,1-2H3;2*1H. The van der Waals surface area contributed by atoms with Gasteiger partial charge < -0.3 is 15.0 Å². The van der Waals surface area contributed by atoms with Crippen molar-refractivity contribution in [3.63, 3.8) is 0 Å². The number of benzene rings is 1. The predicted octanol–water partition coefficient (Wildman–Crippen LogP) is 4.51. The molecule has 1 aromatic heterocycles. The molecule has 0 atom stereocenters. The monoisotopic (exact) mass is 445 g/mol. The summed E-state index contributed by atoms with van der Waals surface area (Å²) in [6.07, 6.45) is 2.13. The van der Waals surface area contributed by atoms with Gasteiger partial charge in [-0.25, -0.2) is 4.98 Å². The number of carbonyl (C=O) groups is 1. The second-order valence-corrected chi connectivity index (χ2v) is 7.40. The Labute approximate surface area is 183 Å². The Morgan fingerprint density at radius 3 is 2.50 bits per heavy atom. The van der Waals surface area contributed by atoms with Gasteiger partial charge in [0.15, 0.2) is 0 Å². The van der Waals surface area contributed by atoms with Crippen molar-refractivity contribution in [2.24, 2.45) is 5.92 Å². The van der Waals surface area contributed by atoms with E-state index in [4.69, 9.17) is 4.74 Å². The van der Waals surface area contributed by atoms with E-state index in [1.54, 1.807) is 0 Å². The quantitative estimate of drug-likeness (QED) is 0.680. The molecule has 0 saturated carbocycles. The molecule has 0 spiro atoms. The van der Waals surface area contributed by atoms with Gasteiger partial charge in [0, 0.05) is 24.0 Å². The van der Waals surface area contributed by atoms with Crippen molar-refractivity contribution in [1.82, 2.24) is 15.2 Å². The molecule has 0 radical (unpaired) electrons. The van der Waals surface area contributed by atoms with E-state index >= 15 is 0 Å². The second kappa shape index (κ2) is 12.3. The van der Waals surface area contributed by atoms with Crippen LogP contribution in [0.3, 0.4) is 0 Å². The van der Waals surface area contributed by atoms with Gasteiger partial charge in [-0.2, -0.15) is 0 Å². The maximum absolute atomic E-state index is 12.7. The minimum atomic E-state index is 0. The van der Waals surface area contributed by atoms with Crippen LogP contribution in [-0.2, 0) is 0 Å². The average Bonchev–Trinajstić information content (AvgIpc) is 3.17. The van der Waals surface area contributed by atoms with Crippen molar-refractivity contribution in [3.05, 3.63) is 35.3 Å². The minimum absolute atomic E-state index is 0. The number of hydrogen-bond donors (Lipinski definition) is 1. The molecule has 1 amide bonds. The van der Waals surface area contributed by atoms with Gasteiger partial charge in [-0.05, 0) is 63.0 Å². The lowest BCUT2D eigenvalue weighted by Gasteiger charge is -2.31. The third-order valence-electron chi connectivity index (χ3n) is 4.72. The largest absolute Gasteiger partial charge is 0.494 e. The van der Waals surface area contributed by atoms with Gasteiger partial charge in [-0.15, -0.1) is 36.2 Å². The molecule has 1 N–H and O–H groups in total. The van der Waals surface area contributed by atoms with Gasteiger partial charge in [0.05, 0.1) is 6.61 Å². The van der Waals surface area contributed by atoms with E-state index in [1.165, 1.54) is 11.3 Å². The van der Waals surface area contributed by atoms with Crippen molar-refractivity contribution >= 4 is 42.1 Å². The number of piperidine rings is 1. The lowest BCUT2D eigenvalue weighted by Crippen LogP contribution is -2.40. The second-order valence-electron chi connectivity index (χ2n) is 6.54. The van der Waals surface area contributed by atoms with E-state index in [2.05, 4.69) is 17.2 Å². The van der Waals surface area contributed by atoms with Crippen LogP contribution in [0.2, 0.25) is 0 Å². The van der Waals surface area contributed by atoms with Gasteiger partial charge in [-0.3, -0.25) is 4.79 Å². The number of nitrogens with zero attached hydrogens (tertiary/aromatic N) is 2. The van der Waals surface area contributed by atoms with Crippen LogP contribution in [-0.4, -0.2) is 48.6 Å². The van der Waals surface area contributed by atoms with Gasteiger partial charge in [-0.1, -0.05) is 6.92 Å². The van der Waals surface area contributed by atoms with Gasteiger partial charge >= 0.3 is 0 Å². The van der Waals surface area contributed by atoms with Gasteiger partial charge in [0.2, 0.25) is 0 Å². The van der Waals surface area contributed by atoms with Crippen molar-refractivity contribution in [2.75, 3.05) is 32.8 Å². The first-order valence-corrected chi connectivity index (χ1v) is 10.3. The Morgan fingerprint density at radius 1 is 1.21 bits per heavy atom.